The van der Waals surface area contributed by atoms with Gasteiger partial charge < -0.3 is 4.74 Å². The van der Waals surface area contributed by atoms with Crippen LogP contribution in [0, 0.1) is 18.8 Å². The van der Waals surface area contributed by atoms with Crippen LogP contribution < -0.4 is 4.74 Å². The number of pyridine rings is 1. The van der Waals surface area contributed by atoms with Gasteiger partial charge in [-0.25, -0.2) is 4.98 Å². The van der Waals surface area contributed by atoms with Crippen molar-refractivity contribution in [1.29, 1.82) is 0 Å². The standard InChI is InChI=1S/C26H25ClN2O/c1-20-18-26(30-17-16-29-14-2-3-15-29)13-8-21(20)6-11-25-12-7-23(19-28-25)22-4-9-24(27)10-5-22/h4-5,7-10,12-13,18-19H,2-3,14-17H2,1H3. The normalized spacial score (nSPS) is 13.7. The summed E-state index contributed by atoms with van der Waals surface area (Å²) in [5.74, 6) is 7.30. The fourth-order valence-electron chi connectivity index (χ4n) is 3.58. The lowest BCUT2D eigenvalue weighted by Gasteiger charge is -2.15. The summed E-state index contributed by atoms with van der Waals surface area (Å²) < 4.78 is 5.92. The first-order valence-corrected chi connectivity index (χ1v) is 10.7. The average molecular weight is 417 g/mol. The SMILES string of the molecule is Cc1cc(OCCN2CCCC2)ccc1C#Cc1ccc(-c2ccc(Cl)cc2)cn1. The minimum absolute atomic E-state index is 0.729. The lowest BCUT2D eigenvalue weighted by molar-refractivity contribution is 0.237. The Morgan fingerprint density at radius 2 is 1.73 bits per heavy atom. The molecule has 3 aromatic rings. The summed E-state index contributed by atoms with van der Waals surface area (Å²) in [6.45, 7) is 6.19. The molecule has 152 valence electrons. The van der Waals surface area contributed by atoms with Crippen molar-refractivity contribution in [3.63, 3.8) is 0 Å². The maximum Gasteiger partial charge on any atom is 0.119 e. The number of likely N-dealkylation sites (tertiary alicyclic amines) is 1. The molecule has 30 heavy (non-hydrogen) atoms. The van der Waals surface area contributed by atoms with E-state index in [1.165, 1.54) is 25.9 Å². The van der Waals surface area contributed by atoms with Gasteiger partial charge in [0.2, 0.25) is 0 Å². The van der Waals surface area contributed by atoms with Crippen molar-refractivity contribution in [2.24, 2.45) is 0 Å². The van der Waals surface area contributed by atoms with E-state index in [1.807, 2.05) is 54.7 Å². The molecule has 3 nitrogen and oxygen atoms in total. The molecule has 0 radical (unpaired) electrons. The summed E-state index contributed by atoms with van der Waals surface area (Å²) in [6, 6.07) is 17.8. The Bertz CT molecular complexity index is 1040. The number of nitrogens with zero attached hydrogens (tertiary/aromatic N) is 2. The Morgan fingerprint density at radius 3 is 2.43 bits per heavy atom. The van der Waals surface area contributed by atoms with Gasteiger partial charge in [-0.15, -0.1) is 0 Å². The summed E-state index contributed by atoms with van der Waals surface area (Å²) in [5.41, 5.74) is 4.98. The molecule has 1 aromatic heterocycles. The van der Waals surface area contributed by atoms with Gasteiger partial charge in [0.15, 0.2) is 0 Å². The predicted octanol–water partition coefficient (Wildman–Crippen LogP) is 5.58. The van der Waals surface area contributed by atoms with Crippen LogP contribution in [0.25, 0.3) is 11.1 Å². The monoisotopic (exact) mass is 416 g/mol. The summed E-state index contributed by atoms with van der Waals surface area (Å²) in [6.07, 6.45) is 4.47. The molecular formula is C26H25ClN2O. The topological polar surface area (TPSA) is 25.4 Å². The van der Waals surface area contributed by atoms with Crippen molar-refractivity contribution in [2.75, 3.05) is 26.2 Å². The van der Waals surface area contributed by atoms with E-state index in [2.05, 4.69) is 34.7 Å². The van der Waals surface area contributed by atoms with Gasteiger partial charge in [0.05, 0.1) is 0 Å². The second-order valence-electron chi connectivity index (χ2n) is 7.56. The molecule has 1 aliphatic heterocycles. The molecule has 0 spiro atoms. The minimum Gasteiger partial charge on any atom is -0.492 e. The van der Waals surface area contributed by atoms with Crippen LogP contribution in [0.15, 0.2) is 60.8 Å². The quantitative estimate of drug-likeness (QED) is 0.507. The van der Waals surface area contributed by atoms with Crippen molar-refractivity contribution in [3.05, 3.63) is 82.6 Å². The zero-order valence-electron chi connectivity index (χ0n) is 17.2. The summed E-state index contributed by atoms with van der Waals surface area (Å²) in [4.78, 5) is 6.94. The number of rotatable bonds is 5. The van der Waals surface area contributed by atoms with E-state index in [4.69, 9.17) is 16.3 Å². The van der Waals surface area contributed by atoms with Crippen LogP contribution in [-0.4, -0.2) is 36.1 Å². The summed E-state index contributed by atoms with van der Waals surface area (Å²) >= 11 is 5.95. The Morgan fingerprint density at radius 1 is 0.967 bits per heavy atom. The van der Waals surface area contributed by atoms with Gasteiger partial charge in [-0.1, -0.05) is 35.7 Å². The zero-order valence-corrected chi connectivity index (χ0v) is 18.0. The van der Waals surface area contributed by atoms with E-state index >= 15 is 0 Å². The van der Waals surface area contributed by atoms with E-state index in [9.17, 15) is 0 Å². The molecule has 4 heteroatoms. The maximum atomic E-state index is 5.95. The summed E-state index contributed by atoms with van der Waals surface area (Å²) in [5, 5.41) is 0.729. The molecule has 1 aliphatic rings. The van der Waals surface area contributed by atoms with Gasteiger partial charge in [0.1, 0.15) is 18.1 Å². The van der Waals surface area contributed by atoms with Gasteiger partial charge in [-0.3, -0.25) is 4.90 Å². The third-order valence-corrected chi connectivity index (χ3v) is 5.59. The molecule has 0 bridgehead atoms. The second-order valence-corrected chi connectivity index (χ2v) is 8.00. The van der Waals surface area contributed by atoms with E-state index < -0.39 is 0 Å². The van der Waals surface area contributed by atoms with Crippen LogP contribution in [0.3, 0.4) is 0 Å². The second kappa shape index (κ2) is 9.80. The highest BCUT2D eigenvalue weighted by Gasteiger charge is 2.10. The Kier molecular flexibility index (Phi) is 6.69. The van der Waals surface area contributed by atoms with Crippen LogP contribution in [0.2, 0.25) is 5.02 Å². The molecule has 4 rings (SSSR count). The van der Waals surface area contributed by atoms with Crippen molar-refractivity contribution < 1.29 is 4.74 Å². The molecular weight excluding hydrogens is 392 g/mol. The van der Waals surface area contributed by atoms with Gasteiger partial charge in [0, 0.05) is 28.9 Å². The smallest absolute Gasteiger partial charge is 0.119 e. The molecule has 0 unspecified atom stereocenters. The fourth-order valence-corrected chi connectivity index (χ4v) is 3.70. The van der Waals surface area contributed by atoms with Crippen molar-refractivity contribution in [2.45, 2.75) is 19.8 Å². The zero-order chi connectivity index (χ0) is 20.8. The van der Waals surface area contributed by atoms with Gasteiger partial charge in [0.25, 0.3) is 0 Å². The lowest BCUT2D eigenvalue weighted by atomic mass is 10.1. The van der Waals surface area contributed by atoms with E-state index in [0.717, 1.165) is 51.9 Å². The first-order valence-electron chi connectivity index (χ1n) is 10.4. The van der Waals surface area contributed by atoms with Gasteiger partial charge in [-0.2, -0.15) is 0 Å². The fraction of sp³-hybridized carbons (Fsp3) is 0.269. The van der Waals surface area contributed by atoms with Gasteiger partial charge >= 0.3 is 0 Å². The Hall–Kier alpha value is -2.80. The highest BCUT2D eigenvalue weighted by molar-refractivity contribution is 6.30. The first-order chi connectivity index (χ1) is 14.7. The molecule has 0 amide bonds. The number of aryl methyl sites for hydroxylation is 1. The molecule has 0 saturated carbocycles. The van der Waals surface area contributed by atoms with Crippen molar-refractivity contribution in [1.82, 2.24) is 9.88 Å². The largest absolute Gasteiger partial charge is 0.492 e. The maximum absolute atomic E-state index is 5.95. The highest BCUT2D eigenvalue weighted by Crippen LogP contribution is 2.21. The molecule has 2 heterocycles. The van der Waals surface area contributed by atoms with Crippen LogP contribution in [0.4, 0.5) is 0 Å². The Labute approximate surface area is 183 Å². The van der Waals surface area contributed by atoms with Crippen LogP contribution in [0.1, 0.15) is 29.7 Å². The highest BCUT2D eigenvalue weighted by atomic mass is 35.5. The third kappa shape index (κ3) is 5.42. The molecule has 2 aromatic carbocycles. The number of hydrogen-bond acceptors (Lipinski definition) is 3. The lowest BCUT2D eigenvalue weighted by Crippen LogP contribution is -2.25. The molecule has 0 atom stereocenters. The summed E-state index contributed by atoms with van der Waals surface area (Å²) in [7, 11) is 0. The Balaban J connectivity index is 1.37. The third-order valence-electron chi connectivity index (χ3n) is 5.34. The number of benzene rings is 2. The van der Waals surface area contributed by atoms with E-state index in [0.29, 0.717) is 0 Å². The average Bonchev–Trinajstić information content (AvgIpc) is 3.28. The predicted molar refractivity (Wildman–Crippen MR) is 123 cm³/mol. The van der Waals surface area contributed by atoms with Crippen molar-refractivity contribution in [3.8, 4) is 28.7 Å². The number of aromatic nitrogens is 1. The van der Waals surface area contributed by atoms with Crippen molar-refractivity contribution >= 4 is 11.6 Å². The van der Waals surface area contributed by atoms with Crippen LogP contribution in [-0.2, 0) is 0 Å². The number of ether oxygens (including phenoxy) is 1. The number of halogens is 1. The molecule has 1 fully saturated rings. The van der Waals surface area contributed by atoms with Crippen LogP contribution in [0.5, 0.6) is 5.75 Å². The molecule has 1 saturated heterocycles. The van der Waals surface area contributed by atoms with Gasteiger partial charge in [-0.05, 0) is 86.3 Å². The minimum atomic E-state index is 0.729. The molecule has 0 N–H and O–H groups in total. The first kappa shape index (κ1) is 20.5. The van der Waals surface area contributed by atoms with Crippen LogP contribution >= 0.6 is 11.6 Å². The van der Waals surface area contributed by atoms with E-state index in [1.54, 1.807) is 0 Å². The van der Waals surface area contributed by atoms with E-state index in [-0.39, 0.29) is 0 Å². The number of hydrogen-bond donors (Lipinski definition) is 0. The molecule has 0 aliphatic carbocycles.